The van der Waals surface area contributed by atoms with Crippen LogP contribution >= 0.6 is 0 Å². The van der Waals surface area contributed by atoms with Crippen LogP contribution in [-0.2, 0) is 39.8 Å². The van der Waals surface area contributed by atoms with Crippen molar-refractivity contribution in [1.29, 1.82) is 0 Å². The van der Waals surface area contributed by atoms with Crippen LogP contribution in [0.5, 0.6) is 0 Å². The van der Waals surface area contributed by atoms with E-state index in [1.165, 1.54) is 0 Å². The molecule has 0 aliphatic heterocycles. The van der Waals surface area contributed by atoms with E-state index in [-0.39, 0.29) is 20.4 Å². The summed E-state index contributed by atoms with van der Waals surface area (Å²) in [7, 11) is -2.86. The van der Waals surface area contributed by atoms with Gasteiger partial charge in [0.25, 0.3) is 0 Å². The van der Waals surface area contributed by atoms with Gasteiger partial charge in [-0.1, -0.05) is 0 Å². The minimum Gasteiger partial charge on any atom is -0.439 e. The molecule has 0 rings (SSSR count). The summed E-state index contributed by atoms with van der Waals surface area (Å²) in [5, 5.41) is 0. The van der Waals surface area contributed by atoms with Gasteiger partial charge in [-0.25, -0.2) is 0 Å². The van der Waals surface area contributed by atoms with E-state index in [0.29, 0.717) is 0 Å². The van der Waals surface area contributed by atoms with E-state index in [2.05, 4.69) is 0 Å². The number of rotatable bonds is 0. The fourth-order valence-electron chi connectivity index (χ4n) is 0. The molecular formula is HO3PdS-. The molecule has 0 unspecified atom stereocenters. The first-order chi connectivity index (χ1) is 1.73. The molecule has 0 amide bonds. The Morgan fingerprint density at radius 2 is 1.40 bits per heavy atom. The Bertz CT molecular complexity index is 55.3. The second-order valence-corrected chi connectivity index (χ2v) is 0.651. The predicted octanol–water partition coefficient (Wildman–Crippen LogP) is -0.234. The Morgan fingerprint density at radius 1 is 1.40 bits per heavy atom. The molecule has 0 saturated carbocycles. The van der Waals surface area contributed by atoms with Gasteiger partial charge >= 0.3 is 0 Å². The average Bonchev–Trinajstić information content (AvgIpc) is 0.811. The molecule has 0 radical (unpaired) electrons. The molecule has 0 fully saturated rings. The van der Waals surface area contributed by atoms with E-state index in [4.69, 9.17) is 13.0 Å². The van der Waals surface area contributed by atoms with Gasteiger partial charge in [0.15, 0.2) is 0 Å². The minimum atomic E-state index is -2.86. The van der Waals surface area contributed by atoms with Crippen LogP contribution in [0.15, 0.2) is 0 Å². The van der Waals surface area contributed by atoms with E-state index in [0.717, 1.165) is 0 Å². The second-order valence-electron chi connectivity index (χ2n) is 0.217. The van der Waals surface area contributed by atoms with Crippen molar-refractivity contribution in [2.75, 3.05) is 0 Å². The van der Waals surface area contributed by atoms with E-state index in [1.807, 2.05) is 0 Å². The Morgan fingerprint density at radius 3 is 1.40 bits per heavy atom. The van der Waals surface area contributed by atoms with Crippen LogP contribution in [0.3, 0.4) is 0 Å². The minimum absolute atomic E-state index is 0. The summed E-state index contributed by atoms with van der Waals surface area (Å²) < 4.78 is 24.1. The van der Waals surface area contributed by atoms with Crippen LogP contribution in [-0.4, -0.2) is 4.55 Å². The van der Waals surface area contributed by atoms with Crippen molar-refractivity contribution in [3.05, 3.63) is 0 Å². The maximum absolute atomic E-state index is 8.56. The molecule has 0 saturated heterocycles. The summed E-state index contributed by atoms with van der Waals surface area (Å²) in [6, 6.07) is 0. The summed E-state index contributed by atoms with van der Waals surface area (Å²) in [5.74, 6) is 0. The normalized spacial score (nSPS) is 6.80. The van der Waals surface area contributed by atoms with Gasteiger partial charge in [-0.2, -0.15) is 0 Å². The maximum atomic E-state index is 8.56. The largest absolute Gasteiger partial charge is 0.439 e. The molecule has 0 aliphatic carbocycles. The molecule has 0 aliphatic rings. The van der Waals surface area contributed by atoms with Crippen molar-refractivity contribution in [3.63, 3.8) is 0 Å². The molecular weight excluding hydrogens is 186 g/mol. The zero-order valence-electron chi connectivity index (χ0n) is 1.99. The topological polar surface area (TPSA) is 54.4 Å². The molecule has 0 atom stereocenters. The van der Waals surface area contributed by atoms with Gasteiger partial charge in [-0.3, -0.25) is 0 Å². The van der Waals surface area contributed by atoms with Crippen molar-refractivity contribution >= 4 is 11.0 Å². The quantitative estimate of drug-likeness (QED) is 0.247. The predicted molar refractivity (Wildman–Crippen MR) is 11.4 cm³/mol. The Kier molecular flexibility index (Phi) is 8.35. The molecule has 0 aromatic rings. The van der Waals surface area contributed by atoms with Gasteiger partial charge in [0.1, 0.15) is 0 Å². The average molecular weight is 187 g/mol. The smallest absolute Gasteiger partial charge is 0.0495 e. The number of hydrogen-bond acceptors (Lipinski definition) is 3. The molecule has 36 valence electrons. The molecule has 0 aromatic carbocycles. The molecule has 5 heavy (non-hydrogen) atoms. The molecule has 0 spiro atoms. The number of hydrogen-bond donors (Lipinski definition) is 1. The maximum Gasteiger partial charge on any atom is 0.0495 e. The Balaban J connectivity index is 0. The molecule has 5 heteroatoms. The molecule has 3 nitrogen and oxygen atoms in total. The second kappa shape index (κ2) is 4.57. The van der Waals surface area contributed by atoms with Crippen LogP contribution in [0.4, 0.5) is 0 Å². The molecule has 0 aromatic heterocycles. The SMILES string of the molecule is O=[S-](=O)O.[Pd]. The van der Waals surface area contributed by atoms with Crippen LogP contribution in [0, 0.1) is 0 Å². The Hall–Kier alpha value is 0.572. The van der Waals surface area contributed by atoms with Gasteiger partial charge in [-0.15, -0.1) is 0 Å². The van der Waals surface area contributed by atoms with Gasteiger partial charge in [-0.05, 0) is 0 Å². The summed E-state index contributed by atoms with van der Waals surface area (Å²) in [5.41, 5.74) is 0. The molecule has 1 N–H and O–H groups in total. The third-order valence-electron chi connectivity index (χ3n) is 0. The zero-order valence-corrected chi connectivity index (χ0v) is 4.36. The van der Waals surface area contributed by atoms with Gasteiger partial charge in [0, 0.05) is 31.4 Å². The first-order valence-corrected chi connectivity index (χ1v) is 1.55. The fraction of sp³-hybridized carbons (Fsp3) is 0. The van der Waals surface area contributed by atoms with Crippen molar-refractivity contribution in [2.24, 2.45) is 0 Å². The summed E-state index contributed by atoms with van der Waals surface area (Å²) in [6.07, 6.45) is 0. The van der Waals surface area contributed by atoms with Gasteiger partial charge in [0.05, 0.1) is 0 Å². The molecule has 0 heterocycles. The monoisotopic (exact) mass is 187 g/mol. The van der Waals surface area contributed by atoms with Crippen LogP contribution in [0.2, 0.25) is 0 Å². The third-order valence-corrected chi connectivity index (χ3v) is 0. The van der Waals surface area contributed by atoms with E-state index >= 15 is 0 Å². The Labute approximate surface area is 44.8 Å². The van der Waals surface area contributed by atoms with E-state index < -0.39 is 11.0 Å². The van der Waals surface area contributed by atoms with Gasteiger partial charge in [0.2, 0.25) is 0 Å². The summed E-state index contributed by atoms with van der Waals surface area (Å²) in [4.78, 5) is 0. The third kappa shape index (κ3) is 92.4. The van der Waals surface area contributed by atoms with E-state index in [9.17, 15) is 0 Å². The summed E-state index contributed by atoms with van der Waals surface area (Å²) >= 11 is 0. The van der Waals surface area contributed by atoms with Gasteiger partial charge < -0.3 is 13.0 Å². The van der Waals surface area contributed by atoms with Crippen LogP contribution in [0.25, 0.3) is 0 Å². The van der Waals surface area contributed by atoms with E-state index in [1.54, 1.807) is 0 Å². The standard InChI is InChI=1S/HO3S.Pd/c1-4(2)3;/h(H,1,2,3);/q-1;. The summed E-state index contributed by atoms with van der Waals surface area (Å²) in [6.45, 7) is 0. The van der Waals surface area contributed by atoms with Crippen LogP contribution in [0.1, 0.15) is 0 Å². The van der Waals surface area contributed by atoms with Crippen molar-refractivity contribution < 1.29 is 33.4 Å². The van der Waals surface area contributed by atoms with Crippen molar-refractivity contribution in [2.45, 2.75) is 0 Å². The van der Waals surface area contributed by atoms with Crippen molar-refractivity contribution in [1.82, 2.24) is 0 Å². The van der Waals surface area contributed by atoms with Crippen LogP contribution < -0.4 is 0 Å². The molecule has 0 bridgehead atoms. The first kappa shape index (κ1) is 9.13. The van der Waals surface area contributed by atoms with Crippen molar-refractivity contribution in [3.8, 4) is 0 Å². The first-order valence-electron chi connectivity index (χ1n) is 0.516. The fourth-order valence-corrected chi connectivity index (χ4v) is 0. The zero-order chi connectivity index (χ0) is 3.58.